The highest BCUT2D eigenvalue weighted by Crippen LogP contribution is 2.22. The minimum Gasteiger partial charge on any atom is -0.378 e. The zero-order valence-corrected chi connectivity index (χ0v) is 6.23. The molecule has 0 radical (unpaired) electrons. The molecule has 3 nitrogen and oxygen atoms in total. The summed E-state index contributed by atoms with van der Waals surface area (Å²) in [6.07, 6.45) is 2.34. The number of hydrogen-bond donors (Lipinski definition) is 1. The summed E-state index contributed by atoms with van der Waals surface area (Å²) >= 11 is 1.31. The molecule has 0 aromatic rings. The number of hydrogen-bond acceptors (Lipinski definition) is 3. The number of amidine groups is 1. The predicted molar refractivity (Wildman–Crippen MR) is 42.8 cm³/mol. The van der Waals surface area contributed by atoms with Gasteiger partial charge in [-0.05, 0) is 6.42 Å². The molecule has 0 unspecified atom stereocenters. The molecule has 0 bridgehead atoms. The first-order valence-electron chi connectivity index (χ1n) is 2.89. The average Bonchev–Trinajstić information content (AvgIpc) is 2.13. The van der Waals surface area contributed by atoms with E-state index in [-0.39, 0.29) is 11.2 Å². The van der Waals surface area contributed by atoms with E-state index in [0.717, 1.165) is 0 Å². The Kier molecular flexibility index (Phi) is 2.11. The van der Waals surface area contributed by atoms with Crippen molar-refractivity contribution in [2.24, 2.45) is 10.7 Å². The molecule has 1 atom stereocenters. The van der Waals surface area contributed by atoms with Gasteiger partial charge in [0.25, 0.3) is 5.91 Å². The lowest BCUT2D eigenvalue weighted by atomic mass is 10.3. The molecule has 10 heavy (non-hydrogen) atoms. The Morgan fingerprint density at radius 2 is 2.60 bits per heavy atom. The molecule has 1 amide bonds. The number of rotatable bonds is 2. The number of aliphatic imine (C=N–C) groups is 1. The molecular formula is C6H8N2OS. The number of amides is 1. The summed E-state index contributed by atoms with van der Waals surface area (Å²) in [5, 5.41) is 0.259. The molecule has 1 aliphatic heterocycles. The van der Waals surface area contributed by atoms with Crippen LogP contribution in [0.3, 0.4) is 0 Å². The van der Waals surface area contributed by atoms with Crippen molar-refractivity contribution in [1.82, 2.24) is 0 Å². The standard InChI is InChI=1S/C6H8N2OS/c1-2-3-4-5(9)8-6(7)10-4/h2,4H,1,3H2,(H2,7,8,9)/t4-/m1/s1. The van der Waals surface area contributed by atoms with Gasteiger partial charge in [-0.1, -0.05) is 17.8 Å². The minimum atomic E-state index is -0.137. The maximum atomic E-state index is 10.8. The zero-order chi connectivity index (χ0) is 7.56. The molecule has 4 heteroatoms. The molecule has 0 saturated heterocycles. The van der Waals surface area contributed by atoms with Crippen molar-refractivity contribution < 1.29 is 4.79 Å². The Balaban J connectivity index is 2.55. The molecule has 0 aromatic carbocycles. The molecule has 0 aromatic heterocycles. The van der Waals surface area contributed by atoms with Crippen molar-refractivity contribution in [3.8, 4) is 0 Å². The third-order valence-electron chi connectivity index (χ3n) is 1.14. The number of carbonyl (C=O) groups is 1. The van der Waals surface area contributed by atoms with E-state index in [0.29, 0.717) is 11.6 Å². The first-order valence-corrected chi connectivity index (χ1v) is 3.77. The first kappa shape index (κ1) is 7.34. The fraction of sp³-hybridized carbons (Fsp3) is 0.333. The van der Waals surface area contributed by atoms with E-state index in [9.17, 15) is 4.79 Å². The van der Waals surface area contributed by atoms with Gasteiger partial charge >= 0.3 is 0 Å². The highest BCUT2D eigenvalue weighted by atomic mass is 32.2. The van der Waals surface area contributed by atoms with Crippen molar-refractivity contribution in [1.29, 1.82) is 0 Å². The van der Waals surface area contributed by atoms with Gasteiger partial charge in [0.05, 0.1) is 5.25 Å². The Morgan fingerprint density at radius 1 is 1.90 bits per heavy atom. The fourth-order valence-corrected chi connectivity index (χ4v) is 1.52. The van der Waals surface area contributed by atoms with Gasteiger partial charge in [-0.3, -0.25) is 4.79 Å². The molecule has 2 N–H and O–H groups in total. The second kappa shape index (κ2) is 2.88. The lowest BCUT2D eigenvalue weighted by Gasteiger charge is -1.98. The maximum absolute atomic E-state index is 10.8. The Labute approximate surface area is 63.4 Å². The number of nitrogens with zero attached hydrogens (tertiary/aromatic N) is 1. The summed E-state index contributed by atoms with van der Waals surface area (Å²) in [4.78, 5) is 14.4. The summed E-state index contributed by atoms with van der Waals surface area (Å²) in [6, 6.07) is 0. The molecule has 0 fully saturated rings. The van der Waals surface area contributed by atoms with E-state index >= 15 is 0 Å². The summed E-state index contributed by atoms with van der Waals surface area (Å²) in [5.74, 6) is -0.137. The molecular weight excluding hydrogens is 148 g/mol. The van der Waals surface area contributed by atoms with E-state index in [2.05, 4.69) is 11.6 Å². The topological polar surface area (TPSA) is 55.4 Å². The summed E-state index contributed by atoms with van der Waals surface area (Å²) in [6.45, 7) is 3.53. The first-order chi connectivity index (χ1) is 4.74. The molecule has 1 rings (SSSR count). The van der Waals surface area contributed by atoms with Gasteiger partial charge in [-0.25, -0.2) is 0 Å². The Morgan fingerprint density at radius 3 is 3.00 bits per heavy atom. The number of carbonyl (C=O) groups excluding carboxylic acids is 1. The van der Waals surface area contributed by atoms with Gasteiger partial charge in [-0.2, -0.15) is 4.99 Å². The van der Waals surface area contributed by atoms with Gasteiger partial charge < -0.3 is 5.73 Å². The van der Waals surface area contributed by atoms with Crippen LogP contribution in [0.1, 0.15) is 6.42 Å². The van der Waals surface area contributed by atoms with Crippen molar-refractivity contribution >= 4 is 22.8 Å². The van der Waals surface area contributed by atoms with E-state index < -0.39 is 0 Å². The SMILES string of the molecule is C=CC[C@H]1SC(N)=NC1=O. The van der Waals surface area contributed by atoms with Gasteiger partial charge in [0.2, 0.25) is 0 Å². The van der Waals surface area contributed by atoms with Crippen LogP contribution in [-0.2, 0) is 4.79 Å². The second-order valence-electron chi connectivity index (χ2n) is 1.92. The molecule has 0 aliphatic carbocycles. The Bertz CT molecular complexity index is 200. The van der Waals surface area contributed by atoms with Gasteiger partial charge in [-0.15, -0.1) is 6.58 Å². The minimum absolute atomic E-state index is 0.113. The molecule has 0 spiro atoms. The lowest BCUT2D eigenvalue weighted by Crippen LogP contribution is -2.08. The highest BCUT2D eigenvalue weighted by Gasteiger charge is 2.24. The van der Waals surface area contributed by atoms with Crippen LogP contribution in [0.25, 0.3) is 0 Å². The van der Waals surface area contributed by atoms with Crippen LogP contribution in [0, 0.1) is 0 Å². The smallest absolute Gasteiger partial charge is 0.261 e. The van der Waals surface area contributed by atoms with E-state index in [1.165, 1.54) is 11.8 Å². The molecule has 0 saturated carbocycles. The summed E-state index contributed by atoms with van der Waals surface area (Å²) in [7, 11) is 0. The van der Waals surface area contributed by atoms with Crippen LogP contribution in [0.4, 0.5) is 0 Å². The Hall–Kier alpha value is -0.770. The third kappa shape index (κ3) is 1.39. The highest BCUT2D eigenvalue weighted by molar-refractivity contribution is 8.15. The van der Waals surface area contributed by atoms with Crippen LogP contribution >= 0.6 is 11.8 Å². The monoisotopic (exact) mass is 156 g/mol. The zero-order valence-electron chi connectivity index (χ0n) is 5.41. The van der Waals surface area contributed by atoms with Gasteiger partial charge in [0, 0.05) is 0 Å². The van der Waals surface area contributed by atoms with Gasteiger partial charge in [0.15, 0.2) is 5.17 Å². The van der Waals surface area contributed by atoms with Crippen LogP contribution in [0.15, 0.2) is 17.6 Å². The molecule has 1 heterocycles. The van der Waals surface area contributed by atoms with E-state index in [4.69, 9.17) is 5.73 Å². The average molecular weight is 156 g/mol. The predicted octanol–water partition coefficient (Wildman–Crippen LogP) is 0.519. The van der Waals surface area contributed by atoms with Crippen LogP contribution in [-0.4, -0.2) is 16.3 Å². The van der Waals surface area contributed by atoms with Gasteiger partial charge in [0.1, 0.15) is 0 Å². The summed E-state index contributed by atoms with van der Waals surface area (Å²) < 4.78 is 0. The summed E-state index contributed by atoms with van der Waals surface area (Å²) in [5.41, 5.74) is 5.30. The number of allylic oxidation sites excluding steroid dienone is 1. The van der Waals surface area contributed by atoms with Crippen molar-refractivity contribution in [2.75, 3.05) is 0 Å². The van der Waals surface area contributed by atoms with Crippen molar-refractivity contribution in [3.05, 3.63) is 12.7 Å². The second-order valence-corrected chi connectivity index (χ2v) is 3.14. The molecule has 54 valence electrons. The maximum Gasteiger partial charge on any atom is 0.261 e. The van der Waals surface area contributed by atoms with Crippen LogP contribution < -0.4 is 5.73 Å². The third-order valence-corrected chi connectivity index (χ3v) is 2.15. The lowest BCUT2D eigenvalue weighted by molar-refractivity contribution is -0.117. The van der Waals surface area contributed by atoms with Crippen molar-refractivity contribution in [2.45, 2.75) is 11.7 Å². The number of thioether (sulfide) groups is 1. The normalized spacial score (nSPS) is 24.6. The fourth-order valence-electron chi connectivity index (χ4n) is 0.703. The molecule has 1 aliphatic rings. The van der Waals surface area contributed by atoms with E-state index in [1.54, 1.807) is 6.08 Å². The van der Waals surface area contributed by atoms with Crippen molar-refractivity contribution in [3.63, 3.8) is 0 Å². The van der Waals surface area contributed by atoms with Crippen LogP contribution in [0.5, 0.6) is 0 Å². The largest absolute Gasteiger partial charge is 0.378 e. The van der Waals surface area contributed by atoms with E-state index in [1.807, 2.05) is 0 Å². The quantitative estimate of drug-likeness (QED) is 0.593. The van der Waals surface area contributed by atoms with Crippen LogP contribution in [0.2, 0.25) is 0 Å². The number of nitrogens with two attached hydrogens (primary N) is 1.